The molecule has 0 aromatic heterocycles. The van der Waals surface area contributed by atoms with Gasteiger partial charge in [0.1, 0.15) is 0 Å². The summed E-state index contributed by atoms with van der Waals surface area (Å²) in [6.45, 7) is 4.58. The van der Waals surface area contributed by atoms with Crippen molar-refractivity contribution in [3.8, 4) is 0 Å². The summed E-state index contributed by atoms with van der Waals surface area (Å²) in [5.74, 6) is -0.0550. The first kappa shape index (κ1) is 14.0. The lowest BCUT2D eigenvalue weighted by atomic mass is 10.2. The van der Waals surface area contributed by atoms with Crippen LogP contribution in [-0.4, -0.2) is 36.0 Å². The van der Waals surface area contributed by atoms with E-state index in [0.717, 1.165) is 12.8 Å². The Morgan fingerprint density at radius 1 is 1.24 bits per heavy atom. The van der Waals surface area contributed by atoms with Crippen LogP contribution in [0.1, 0.15) is 52.4 Å². The molecule has 0 radical (unpaired) electrons. The molecule has 4 nitrogen and oxygen atoms in total. The van der Waals surface area contributed by atoms with Crippen molar-refractivity contribution in [3.63, 3.8) is 0 Å². The second-order valence-electron chi connectivity index (χ2n) is 4.43. The smallest absolute Gasteiger partial charge is 0.307 e. The van der Waals surface area contributed by atoms with Crippen LogP contribution in [0.3, 0.4) is 0 Å². The number of rotatable bonds is 6. The molecule has 0 unspecified atom stereocenters. The third-order valence-corrected chi connectivity index (χ3v) is 3.25. The van der Waals surface area contributed by atoms with E-state index in [2.05, 4.69) is 0 Å². The highest BCUT2D eigenvalue weighted by atomic mass is 16.5. The number of carbonyl (C=O) groups excluding carboxylic acids is 2. The van der Waals surface area contributed by atoms with Crippen molar-refractivity contribution in [1.82, 2.24) is 4.90 Å². The molecule has 0 aliphatic heterocycles. The average molecular weight is 241 g/mol. The minimum absolute atomic E-state index is 0.154. The molecule has 0 aromatic carbocycles. The molecule has 1 saturated carbocycles. The quantitative estimate of drug-likeness (QED) is 0.669. The molecule has 1 aliphatic carbocycles. The van der Waals surface area contributed by atoms with E-state index in [4.69, 9.17) is 4.74 Å². The van der Waals surface area contributed by atoms with E-state index < -0.39 is 0 Å². The van der Waals surface area contributed by atoms with Gasteiger partial charge in [-0.2, -0.15) is 0 Å². The summed E-state index contributed by atoms with van der Waals surface area (Å²) in [7, 11) is 0. The molecular weight excluding hydrogens is 218 g/mol. The molecule has 4 heteroatoms. The Morgan fingerprint density at radius 2 is 1.88 bits per heavy atom. The van der Waals surface area contributed by atoms with E-state index in [-0.39, 0.29) is 11.9 Å². The van der Waals surface area contributed by atoms with Gasteiger partial charge in [0.25, 0.3) is 0 Å². The number of esters is 1. The Balaban J connectivity index is 2.45. The van der Waals surface area contributed by atoms with Gasteiger partial charge in [0, 0.05) is 19.0 Å². The van der Waals surface area contributed by atoms with Crippen LogP contribution in [0.25, 0.3) is 0 Å². The fourth-order valence-corrected chi connectivity index (χ4v) is 2.37. The third kappa shape index (κ3) is 4.36. The lowest BCUT2D eigenvalue weighted by molar-refractivity contribution is -0.144. The fraction of sp³-hybridized carbons (Fsp3) is 0.846. The van der Waals surface area contributed by atoms with Crippen LogP contribution < -0.4 is 0 Å². The van der Waals surface area contributed by atoms with Crippen LogP contribution in [0.4, 0.5) is 0 Å². The molecule has 1 rings (SSSR count). The first-order valence-corrected chi connectivity index (χ1v) is 6.64. The highest BCUT2D eigenvalue weighted by Gasteiger charge is 2.25. The van der Waals surface area contributed by atoms with Gasteiger partial charge in [-0.15, -0.1) is 0 Å². The maximum absolute atomic E-state index is 11.8. The standard InChI is InChI=1S/C13H23NO3/c1-3-12(15)14(11-7-5-6-8-11)10-9-13(16)17-4-2/h11H,3-10H2,1-2H3. The van der Waals surface area contributed by atoms with Crippen molar-refractivity contribution in [2.24, 2.45) is 0 Å². The SMILES string of the molecule is CCOC(=O)CCN(C(=O)CC)C1CCCC1. The molecule has 0 heterocycles. The zero-order chi connectivity index (χ0) is 12.7. The maximum Gasteiger partial charge on any atom is 0.307 e. The van der Waals surface area contributed by atoms with E-state index >= 15 is 0 Å². The predicted octanol–water partition coefficient (Wildman–Crippen LogP) is 2.12. The summed E-state index contributed by atoms with van der Waals surface area (Å²) in [6, 6.07) is 0.344. The number of nitrogens with zero attached hydrogens (tertiary/aromatic N) is 1. The van der Waals surface area contributed by atoms with Crippen LogP contribution in [0.2, 0.25) is 0 Å². The average Bonchev–Trinajstić information content (AvgIpc) is 2.83. The topological polar surface area (TPSA) is 46.6 Å². The molecule has 0 N–H and O–H groups in total. The van der Waals surface area contributed by atoms with E-state index in [9.17, 15) is 9.59 Å². The van der Waals surface area contributed by atoms with E-state index in [1.165, 1.54) is 12.8 Å². The van der Waals surface area contributed by atoms with Crippen LogP contribution in [-0.2, 0) is 14.3 Å². The van der Waals surface area contributed by atoms with Crippen molar-refractivity contribution in [1.29, 1.82) is 0 Å². The predicted molar refractivity (Wildman–Crippen MR) is 65.5 cm³/mol. The van der Waals surface area contributed by atoms with Crippen LogP contribution in [0.5, 0.6) is 0 Å². The molecule has 0 saturated heterocycles. The van der Waals surface area contributed by atoms with Gasteiger partial charge in [-0.25, -0.2) is 0 Å². The summed E-state index contributed by atoms with van der Waals surface area (Å²) in [6.07, 6.45) is 5.37. The van der Waals surface area contributed by atoms with Crippen molar-refractivity contribution >= 4 is 11.9 Å². The van der Waals surface area contributed by atoms with E-state index in [1.807, 2.05) is 11.8 Å². The van der Waals surface area contributed by atoms with Gasteiger partial charge in [0.15, 0.2) is 0 Å². The maximum atomic E-state index is 11.8. The van der Waals surface area contributed by atoms with Crippen molar-refractivity contribution in [2.75, 3.05) is 13.2 Å². The number of carbonyl (C=O) groups is 2. The normalized spacial score (nSPS) is 15.9. The highest BCUT2D eigenvalue weighted by Crippen LogP contribution is 2.24. The number of hydrogen-bond donors (Lipinski definition) is 0. The van der Waals surface area contributed by atoms with Gasteiger partial charge >= 0.3 is 5.97 Å². The Hall–Kier alpha value is -1.06. The van der Waals surface area contributed by atoms with Gasteiger partial charge in [-0.05, 0) is 19.8 Å². The molecule has 1 amide bonds. The first-order valence-electron chi connectivity index (χ1n) is 6.64. The Bertz CT molecular complexity index is 259. The lowest BCUT2D eigenvalue weighted by Gasteiger charge is -2.28. The second-order valence-corrected chi connectivity index (χ2v) is 4.43. The van der Waals surface area contributed by atoms with Gasteiger partial charge in [-0.1, -0.05) is 19.8 Å². The van der Waals surface area contributed by atoms with Crippen LogP contribution in [0.15, 0.2) is 0 Å². The first-order chi connectivity index (χ1) is 8.19. The molecular formula is C13H23NO3. The molecule has 0 atom stereocenters. The minimum atomic E-state index is -0.209. The molecule has 1 fully saturated rings. The summed E-state index contributed by atoms with van der Waals surface area (Å²) in [5.41, 5.74) is 0. The third-order valence-electron chi connectivity index (χ3n) is 3.25. The monoisotopic (exact) mass is 241 g/mol. The Labute approximate surface area is 103 Å². The van der Waals surface area contributed by atoms with E-state index in [0.29, 0.717) is 32.0 Å². The van der Waals surface area contributed by atoms with Crippen molar-refractivity contribution in [3.05, 3.63) is 0 Å². The van der Waals surface area contributed by atoms with Crippen LogP contribution in [0, 0.1) is 0 Å². The van der Waals surface area contributed by atoms with Gasteiger partial charge in [0.2, 0.25) is 5.91 Å². The zero-order valence-electron chi connectivity index (χ0n) is 10.9. The van der Waals surface area contributed by atoms with Crippen molar-refractivity contribution < 1.29 is 14.3 Å². The fourth-order valence-electron chi connectivity index (χ4n) is 2.37. The summed E-state index contributed by atoms with van der Waals surface area (Å²) < 4.78 is 4.89. The molecule has 0 aromatic rings. The van der Waals surface area contributed by atoms with Crippen molar-refractivity contribution in [2.45, 2.75) is 58.4 Å². The highest BCUT2D eigenvalue weighted by molar-refractivity contribution is 5.77. The van der Waals surface area contributed by atoms with Gasteiger partial charge < -0.3 is 9.64 Å². The summed E-state index contributed by atoms with van der Waals surface area (Å²) >= 11 is 0. The zero-order valence-corrected chi connectivity index (χ0v) is 10.9. The lowest BCUT2D eigenvalue weighted by Crippen LogP contribution is -2.40. The summed E-state index contributed by atoms with van der Waals surface area (Å²) in [5, 5.41) is 0. The molecule has 98 valence electrons. The molecule has 17 heavy (non-hydrogen) atoms. The largest absolute Gasteiger partial charge is 0.466 e. The molecule has 0 bridgehead atoms. The summed E-state index contributed by atoms with van der Waals surface area (Å²) in [4.78, 5) is 25.0. The van der Waals surface area contributed by atoms with Gasteiger partial charge in [0.05, 0.1) is 13.0 Å². The number of hydrogen-bond acceptors (Lipinski definition) is 3. The van der Waals surface area contributed by atoms with E-state index in [1.54, 1.807) is 6.92 Å². The number of amides is 1. The van der Waals surface area contributed by atoms with Crippen LogP contribution >= 0.6 is 0 Å². The molecule has 1 aliphatic rings. The second kappa shape index (κ2) is 7.30. The number of ether oxygens (including phenoxy) is 1. The Morgan fingerprint density at radius 3 is 2.41 bits per heavy atom. The van der Waals surface area contributed by atoms with Gasteiger partial charge in [-0.3, -0.25) is 9.59 Å². The molecule has 0 spiro atoms. The minimum Gasteiger partial charge on any atom is -0.466 e. The Kier molecular flexibility index (Phi) is 6.01.